The van der Waals surface area contributed by atoms with Gasteiger partial charge in [0.25, 0.3) is 0 Å². The summed E-state index contributed by atoms with van der Waals surface area (Å²) in [5, 5.41) is 24.3. The predicted octanol–water partition coefficient (Wildman–Crippen LogP) is 4.08. The lowest BCUT2D eigenvalue weighted by Gasteiger charge is -2.12. The molecular formula is C25H25NO6. The fourth-order valence-electron chi connectivity index (χ4n) is 3.46. The molecule has 1 unspecified atom stereocenters. The van der Waals surface area contributed by atoms with Gasteiger partial charge in [-0.05, 0) is 43.7 Å². The van der Waals surface area contributed by atoms with Gasteiger partial charge in [-0.15, -0.1) is 0 Å². The van der Waals surface area contributed by atoms with Crippen LogP contribution in [0.5, 0.6) is 11.5 Å². The first kappa shape index (κ1) is 21.7. The Balaban J connectivity index is 1.38. The highest BCUT2D eigenvalue weighted by molar-refractivity contribution is 5.84. The summed E-state index contributed by atoms with van der Waals surface area (Å²) in [6, 6.07) is 16.7. The van der Waals surface area contributed by atoms with Crippen molar-refractivity contribution in [1.82, 2.24) is 5.32 Å². The van der Waals surface area contributed by atoms with E-state index in [1.165, 1.54) is 6.92 Å². The van der Waals surface area contributed by atoms with Crippen molar-refractivity contribution in [3.05, 3.63) is 81.7 Å². The summed E-state index contributed by atoms with van der Waals surface area (Å²) in [6.07, 6.45) is -0.568. The van der Waals surface area contributed by atoms with E-state index in [-0.39, 0.29) is 17.1 Å². The van der Waals surface area contributed by atoms with Crippen molar-refractivity contribution in [3.8, 4) is 23.0 Å². The van der Waals surface area contributed by atoms with Crippen molar-refractivity contribution in [2.45, 2.75) is 20.0 Å². The molecule has 32 heavy (non-hydrogen) atoms. The van der Waals surface area contributed by atoms with E-state index >= 15 is 0 Å². The topological polar surface area (TPSA) is 105 Å². The summed E-state index contributed by atoms with van der Waals surface area (Å²) >= 11 is 0. The van der Waals surface area contributed by atoms with E-state index < -0.39 is 11.7 Å². The van der Waals surface area contributed by atoms with E-state index in [1.807, 2.05) is 36.4 Å². The van der Waals surface area contributed by atoms with E-state index in [4.69, 9.17) is 13.6 Å². The highest BCUT2D eigenvalue weighted by Gasteiger charge is 2.18. The first-order valence-corrected chi connectivity index (χ1v) is 10.4. The number of aliphatic hydroxyl groups excluding tert-OH is 1. The molecule has 2 aromatic heterocycles. The van der Waals surface area contributed by atoms with Crippen molar-refractivity contribution in [2.75, 3.05) is 19.7 Å². The van der Waals surface area contributed by atoms with Crippen molar-refractivity contribution < 1.29 is 23.8 Å². The second kappa shape index (κ2) is 9.30. The summed E-state index contributed by atoms with van der Waals surface area (Å²) in [6.45, 7) is 4.62. The van der Waals surface area contributed by atoms with E-state index in [0.29, 0.717) is 42.4 Å². The van der Waals surface area contributed by atoms with Crippen LogP contribution in [-0.4, -0.2) is 29.9 Å². The van der Waals surface area contributed by atoms with Crippen LogP contribution < -0.4 is 15.7 Å². The van der Waals surface area contributed by atoms with Crippen LogP contribution in [-0.2, 0) is 0 Å². The van der Waals surface area contributed by atoms with Crippen molar-refractivity contribution >= 4 is 11.0 Å². The van der Waals surface area contributed by atoms with Crippen LogP contribution in [0, 0.1) is 13.8 Å². The van der Waals surface area contributed by atoms with Gasteiger partial charge in [0.05, 0.1) is 11.7 Å². The Morgan fingerprint density at radius 1 is 1.03 bits per heavy atom. The van der Waals surface area contributed by atoms with Crippen LogP contribution >= 0.6 is 0 Å². The maximum absolute atomic E-state index is 11.9. The van der Waals surface area contributed by atoms with Gasteiger partial charge in [-0.3, -0.25) is 0 Å². The molecule has 1 atom stereocenters. The van der Waals surface area contributed by atoms with Crippen LogP contribution in [0.25, 0.3) is 22.5 Å². The number of furan rings is 1. The fourth-order valence-corrected chi connectivity index (χ4v) is 3.46. The summed E-state index contributed by atoms with van der Waals surface area (Å²) in [5.41, 5.74) is 1.50. The number of benzene rings is 2. The highest BCUT2D eigenvalue weighted by atomic mass is 16.5. The SMILES string of the molecule is Cc1c(-c2cc3cc(OCCNCC(O)c4ccccc4)ccc3o2)oc(=O)c(C)c1O. The lowest BCUT2D eigenvalue weighted by Crippen LogP contribution is -2.26. The summed E-state index contributed by atoms with van der Waals surface area (Å²) in [5.74, 6) is 1.14. The molecule has 0 amide bonds. The zero-order valence-electron chi connectivity index (χ0n) is 17.9. The average Bonchev–Trinajstić information content (AvgIpc) is 3.23. The molecular weight excluding hydrogens is 410 g/mol. The number of hydrogen-bond donors (Lipinski definition) is 3. The van der Waals surface area contributed by atoms with Gasteiger partial charge in [-0.1, -0.05) is 30.3 Å². The smallest absolute Gasteiger partial charge is 0.343 e. The quantitative estimate of drug-likeness (QED) is 0.358. The van der Waals surface area contributed by atoms with E-state index in [2.05, 4.69) is 5.32 Å². The lowest BCUT2D eigenvalue weighted by atomic mass is 10.1. The number of rotatable bonds is 8. The van der Waals surface area contributed by atoms with Gasteiger partial charge in [-0.25, -0.2) is 4.79 Å². The van der Waals surface area contributed by atoms with Gasteiger partial charge < -0.3 is 29.1 Å². The molecule has 0 saturated heterocycles. The molecule has 2 heterocycles. The molecule has 4 rings (SSSR count). The second-order valence-corrected chi connectivity index (χ2v) is 7.61. The van der Waals surface area contributed by atoms with E-state index in [1.54, 1.807) is 25.1 Å². The van der Waals surface area contributed by atoms with Gasteiger partial charge in [0.2, 0.25) is 0 Å². The Morgan fingerprint density at radius 3 is 2.59 bits per heavy atom. The third kappa shape index (κ3) is 4.54. The minimum atomic E-state index is -0.600. The molecule has 7 heteroatoms. The number of hydrogen-bond acceptors (Lipinski definition) is 7. The third-order valence-corrected chi connectivity index (χ3v) is 5.33. The lowest BCUT2D eigenvalue weighted by molar-refractivity contribution is 0.172. The van der Waals surface area contributed by atoms with Crippen LogP contribution in [0.1, 0.15) is 22.8 Å². The Bertz CT molecular complexity index is 1280. The number of fused-ring (bicyclic) bond motifs is 1. The average molecular weight is 435 g/mol. The Labute approximate surface area is 184 Å². The molecule has 4 aromatic rings. The summed E-state index contributed by atoms with van der Waals surface area (Å²) < 4.78 is 16.9. The monoisotopic (exact) mass is 435 g/mol. The largest absolute Gasteiger partial charge is 0.507 e. The molecule has 0 aliphatic carbocycles. The highest BCUT2D eigenvalue weighted by Crippen LogP contribution is 2.34. The molecule has 0 spiro atoms. The molecule has 0 radical (unpaired) electrons. The first-order valence-electron chi connectivity index (χ1n) is 10.4. The maximum atomic E-state index is 11.9. The summed E-state index contributed by atoms with van der Waals surface area (Å²) in [7, 11) is 0. The first-order chi connectivity index (χ1) is 15.4. The van der Waals surface area contributed by atoms with E-state index in [9.17, 15) is 15.0 Å². The predicted molar refractivity (Wildman–Crippen MR) is 121 cm³/mol. The Morgan fingerprint density at radius 2 is 1.81 bits per heavy atom. The molecule has 0 bridgehead atoms. The Kier molecular flexibility index (Phi) is 6.30. The number of aromatic hydroxyl groups is 1. The van der Waals surface area contributed by atoms with Crippen LogP contribution in [0.3, 0.4) is 0 Å². The van der Waals surface area contributed by atoms with Gasteiger partial charge in [0, 0.05) is 24.0 Å². The van der Waals surface area contributed by atoms with Crippen molar-refractivity contribution in [2.24, 2.45) is 0 Å². The minimum Gasteiger partial charge on any atom is -0.507 e. The molecule has 0 aliphatic rings. The van der Waals surface area contributed by atoms with Crippen molar-refractivity contribution in [3.63, 3.8) is 0 Å². The van der Waals surface area contributed by atoms with Gasteiger partial charge in [0.1, 0.15) is 23.7 Å². The maximum Gasteiger partial charge on any atom is 0.343 e. The van der Waals surface area contributed by atoms with Gasteiger partial charge in [-0.2, -0.15) is 0 Å². The standard InChI is InChI=1S/C25H25NO6/c1-15-23(28)16(2)25(29)32-24(15)22-13-18-12-19(8-9-21(18)31-22)30-11-10-26-14-20(27)17-6-4-3-5-7-17/h3-9,12-13,20,26-28H,10-11,14H2,1-2H3. The van der Waals surface area contributed by atoms with E-state index in [0.717, 1.165) is 10.9 Å². The molecule has 0 fully saturated rings. The Hall–Kier alpha value is -3.55. The third-order valence-electron chi connectivity index (χ3n) is 5.33. The molecule has 0 aliphatic heterocycles. The number of ether oxygens (including phenoxy) is 1. The zero-order chi connectivity index (χ0) is 22.7. The number of aliphatic hydroxyl groups is 1. The van der Waals surface area contributed by atoms with Crippen molar-refractivity contribution in [1.29, 1.82) is 0 Å². The summed E-state index contributed by atoms with van der Waals surface area (Å²) in [4.78, 5) is 11.9. The van der Waals surface area contributed by atoms with Gasteiger partial charge in [0.15, 0.2) is 11.5 Å². The molecule has 7 nitrogen and oxygen atoms in total. The molecule has 166 valence electrons. The van der Waals surface area contributed by atoms with Crippen LogP contribution in [0.2, 0.25) is 0 Å². The number of nitrogens with one attached hydrogen (secondary N) is 1. The zero-order valence-corrected chi connectivity index (χ0v) is 17.9. The van der Waals surface area contributed by atoms with Gasteiger partial charge >= 0.3 is 5.63 Å². The minimum absolute atomic E-state index is 0.0920. The normalized spacial score (nSPS) is 12.2. The van der Waals surface area contributed by atoms with Crippen LogP contribution in [0.15, 0.2) is 68.2 Å². The molecule has 2 aromatic carbocycles. The molecule has 3 N–H and O–H groups in total. The second-order valence-electron chi connectivity index (χ2n) is 7.61. The molecule has 0 saturated carbocycles. The van der Waals surface area contributed by atoms with Crippen LogP contribution in [0.4, 0.5) is 0 Å². The fraction of sp³-hybridized carbons (Fsp3) is 0.240.